The fourth-order valence-electron chi connectivity index (χ4n) is 2.14. The van der Waals surface area contributed by atoms with Gasteiger partial charge in [0.15, 0.2) is 0 Å². The van der Waals surface area contributed by atoms with Gasteiger partial charge in [-0.3, -0.25) is 9.59 Å². The first kappa shape index (κ1) is 16.4. The molecule has 1 N–H and O–H groups in total. The Kier molecular flexibility index (Phi) is 5.15. The Morgan fingerprint density at radius 1 is 1.32 bits per heavy atom. The highest BCUT2D eigenvalue weighted by Gasteiger charge is 2.36. The summed E-state index contributed by atoms with van der Waals surface area (Å²) in [6.07, 6.45) is 0.699. The third-order valence-corrected chi connectivity index (χ3v) is 4.94. The van der Waals surface area contributed by atoms with E-state index in [9.17, 15) is 18.0 Å². The molecule has 0 aromatic heterocycles. The van der Waals surface area contributed by atoms with Gasteiger partial charge in [0.1, 0.15) is 0 Å². The lowest BCUT2D eigenvalue weighted by Crippen LogP contribution is -2.29. The zero-order chi connectivity index (χ0) is 16.2. The molecule has 0 aliphatic carbocycles. The predicted octanol–water partition coefficient (Wildman–Crippen LogP) is 0.519. The molecular formula is C14H18N2O5S. The minimum Gasteiger partial charge on any atom is -0.385 e. The molecule has 22 heavy (non-hydrogen) atoms. The van der Waals surface area contributed by atoms with Gasteiger partial charge in [-0.05, 0) is 30.7 Å². The van der Waals surface area contributed by atoms with E-state index in [1.165, 1.54) is 24.3 Å². The highest BCUT2D eigenvalue weighted by molar-refractivity contribution is 7.94. The van der Waals surface area contributed by atoms with Crippen LogP contribution in [0.1, 0.15) is 23.2 Å². The number of carbonyl (C=O) groups is 2. The summed E-state index contributed by atoms with van der Waals surface area (Å²) in [4.78, 5) is 23.5. The summed E-state index contributed by atoms with van der Waals surface area (Å²) in [5.41, 5.74) is 0.670. The van der Waals surface area contributed by atoms with Crippen molar-refractivity contribution in [1.82, 2.24) is 5.32 Å². The third-order valence-electron chi connectivity index (χ3n) is 3.25. The van der Waals surface area contributed by atoms with Gasteiger partial charge >= 0.3 is 0 Å². The molecule has 0 unspecified atom stereocenters. The topological polar surface area (TPSA) is 92.8 Å². The average molecular weight is 326 g/mol. The van der Waals surface area contributed by atoms with Gasteiger partial charge in [-0.15, -0.1) is 0 Å². The molecule has 1 aromatic carbocycles. The Bertz CT molecular complexity index is 654. The molecule has 2 rings (SSSR count). The van der Waals surface area contributed by atoms with E-state index in [1.807, 2.05) is 0 Å². The van der Waals surface area contributed by atoms with Gasteiger partial charge in [0.2, 0.25) is 15.9 Å². The third kappa shape index (κ3) is 3.63. The zero-order valence-electron chi connectivity index (χ0n) is 12.2. The van der Waals surface area contributed by atoms with Gasteiger partial charge < -0.3 is 10.1 Å². The smallest absolute Gasteiger partial charge is 0.251 e. The van der Waals surface area contributed by atoms with Crippen LogP contribution in [0.5, 0.6) is 0 Å². The molecule has 7 nitrogen and oxygen atoms in total. The highest BCUT2D eigenvalue weighted by Crippen LogP contribution is 2.25. The van der Waals surface area contributed by atoms with Crippen molar-refractivity contribution in [3.8, 4) is 0 Å². The van der Waals surface area contributed by atoms with E-state index in [4.69, 9.17) is 4.74 Å². The van der Waals surface area contributed by atoms with E-state index in [0.717, 1.165) is 4.31 Å². The van der Waals surface area contributed by atoms with E-state index >= 15 is 0 Å². The van der Waals surface area contributed by atoms with Crippen LogP contribution in [0.2, 0.25) is 0 Å². The van der Waals surface area contributed by atoms with Crippen molar-refractivity contribution >= 4 is 27.5 Å². The molecule has 0 bridgehead atoms. The zero-order valence-corrected chi connectivity index (χ0v) is 13.1. The van der Waals surface area contributed by atoms with Crippen LogP contribution in [0.25, 0.3) is 0 Å². The quantitative estimate of drug-likeness (QED) is 0.769. The number of sulfonamides is 1. The van der Waals surface area contributed by atoms with Gasteiger partial charge in [-0.25, -0.2) is 12.7 Å². The molecule has 0 spiro atoms. The summed E-state index contributed by atoms with van der Waals surface area (Å²) >= 11 is 0. The van der Waals surface area contributed by atoms with Crippen molar-refractivity contribution < 1.29 is 22.7 Å². The normalized spacial score (nSPS) is 16.8. The van der Waals surface area contributed by atoms with Crippen LogP contribution in [0.15, 0.2) is 24.3 Å². The maximum atomic E-state index is 11.9. The van der Waals surface area contributed by atoms with Crippen LogP contribution in [0.3, 0.4) is 0 Å². The van der Waals surface area contributed by atoms with Crippen LogP contribution >= 0.6 is 0 Å². The maximum Gasteiger partial charge on any atom is 0.251 e. The standard InChI is InChI=1S/C14H18N2O5S/c1-21-9-2-8-15-14(18)11-3-5-12(6-4-11)16-13(17)7-10-22(16,19)20/h3-6H,2,7-10H2,1H3,(H,15,18). The second-order valence-corrected chi connectivity index (χ2v) is 6.81. The van der Waals surface area contributed by atoms with Gasteiger partial charge in [0, 0.05) is 32.2 Å². The number of methoxy groups -OCH3 is 1. The number of carbonyl (C=O) groups excluding carboxylic acids is 2. The Hall–Kier alpha value is -1.93. The summed E-state index contributed by atoms with van der Waals surface area (Å²) in [5, 5.41) is 2.73. The number of anilines is 1. The minimum absolute atomic E-state index is 0.00985. The molecule has 1 aliphatic heterocycles. The monoisotopic (exact) mass is 326 g/mol. The van der Waals surface area contributed by atoms with Crippen molar-refractivity contribution in [1.29, 1.82) is 0 Å². The Morgan fingerprint density at radius 3 is 2.55 bits per heavy atom. The molecule has 0 radical (unpaired) electrons. The lowest BCUT2D eigenvalue weighted by molar-refractivity contribution is -0.116. The van der Waals surface area contributed by atoms with Crippen LogP contribution in [-0.2, 0) is 19.6 Å². The van der Waals surface area contributed by atoms with Crippen molar-refractivity contribution in [3.05, 3.63) is 29.8 Å². The molecule has 1 fully saturated rings. The van der Waals surface area contributed by atoms with Crippen molar-refractivity contribution in [3.63, 3.8) is 0 Å². The highest BCUT2D eigenvalue weighted by atomic mass is 32.2. The number of nitrogens with one attached hydrogen (secondary N) is 1. The fourth-order valence-corrected chi connectivity index (χ4v) is 3.60. The number of amides is 2. The second kappa shape index (κ2) is 6.89. The molecular weight excluding hydrogens is 308 g/mol. The van der Waals surface area contributed by atoms with E-state index in [1.54, 1.807) is 7.11 Å². The Morgan fingerprint density at radius 2 is 2.00 bits per heavy atom. The molecule has 1 aliphatic rings. The lowest BCUT2D eigenvalue weighted by Gasteiger charge is -2.15. The van der Waals surface area contributed by atoms with E-state index in [-0.39, 0.29) is 23.8 Å². The predicted molar refractivity (Wildman–Crippen MR) is 81.2 cm³/mol. The summed E-state index contributed by atoms with van der Waals surface area (Å²) in [6.45, 7) is 1.06. The second-order valence-electron chi connectivity index (χ2n) is 4.87. The SMILES string of the molecule is COCCCNC(=O)c1ccc(N2C(=O)CCS2(=O)=O)cc1. The van der Waals surface area contributed by atoms with E-state index in [2.05, 4.69) is 5.32 Å². The number of nitrogens with zero attached hydrogens (tertiary/aromatic N) is 1. The minimum atomic E-state index is -3.57. The summed E-state index contributed by atoms with van der Waals surface area (Å²) in [5.74, 6) is -0.872. The molecule has 120 valence electrons. The number of benzene rings is 1. The number of rotatable bonds is 6. The fraction of sp³-hybridized carbons (Fsp3) is 0.429. The van der Waals surface area contributed by atoms with Gasteiger partial charge in [-0.1, -0.05) is 0 Å². The molecule has 0 saturated carbocycles. The van der Waals surface area contributed by atoms with E-state index in [0.29, 0.717) is 25.1 Å². The van der Waals surface area contributed by atoms with Crippen LogP contribution in [0.4, 0.5) is 5.69 Å². The van der Waals surface area contributed by atoms with Gasteiger partial charge in [0.05, 0.1) is 11.4 Å². The van der Waals surface area contributed by atoms with Crippen molar-refractivity contribution in [2.24, 2.45) is 0 Å². The molecule has 8 heteroatoms. The summed E-state index contributed by atoms with van der Waals surface area (Å²) in [7, 11) is -1.98. The Labute approximate surface area is 129 Å². The van der Waals surface area contributed by atoms with Crippen molar-refractivity contribution in [2.45, 2.75) is 12.8 Å². The largest absolute Gasteiger partial charge is 0.385 e. The number of hydrogen-bond donors (Lipinski definition) is 1. The Balaban J connectivity index is 2.04. The van der Waals surface area contributed by atoms with Crippen LogP contribution < -0.4 is 9.62 Å². The van der Waals surface area contributed by atoms with Crippen LogP contribution in [-0.4, -0.2) is 46.2 Å². The molecule has 0 atom stereocenters. The van der Waals surface area contributed by atoms with E-state index < -0.39 is 15.9 Å². The first-order chi connectivity index (χ1) is 10.5. The molecule has 1 saturated heterocycles. The summed E-state index contributed by atoms with van der Waals surface area (Å²) in [6, 6.07) is 5.93. The van der Waals surface area contributed by atoms with Gasteiger partial charge in [-0.2, -0.15) is 0 Å². The summed E-state index contributed by atoms with van der Waals surface area (Å²) < 4.78 is 29.3. The first-order valence-electron chi connectivity index (χ1n) is 6.89. The molecule has 1 aromatic rings. The van der Waals surface area contributed by atoms with Gasteiger partial charge in [0.25, 0.3) is 5.91 Å². The maximum absolute atomic E-state index is 11.9. The first-order valence-corrected chi connectivity index (χ1v) is 8.49. The number of hydrogen-bond acceptors (Lipinski definition) is 5. The lowest BCUT2D eigenvalue weighted by atomic mass is 10.2. The molecule has 1 heterocycles. The number of ether oxygens (including phenoxy) is 1. The molecule has 2 amide bonds. The van der Waals surface area contributed by atoms with Crippen LogP contribution in [0, 0.1) is 0 Å². The van der Waals surface area contributed by atoms with Crippen molar-refractivity contribution in [2.75, 3.05) is 30.3 Å². The average Bonchev–Trinajstić information content (AvgIpc) is 2.77.